The Morgan fingerprint density at radius 1 is 1.29 bits per heavy atom. The van der Waals surface area contributed by atoms with Crippen LogP contribution in [0.3, 0.4) is 0 Å². The van der Waals surface area contributed by atoms with E-state index in [0.29, 0.717) is 28.7 Å². The van der Waals surface area contributed by atoms with Crippen LogP contribution in [0.25, 0.3) is 11.3 Å². The molecule has 10 heteroatoms. The summed E-state index contributed by atoms with van der Waals surface area (Å²) >= 11 is 11.2. The summed E-state index contributed by atoms with van der Waals surface area (Å²) in [5, 5.41) is 7.54. The van der Waals surface area contributed by atoms with Crippen molar-refractivity contribution in [2.75, 3.05) is 27.2 Å². The van der Waals surface area contributed by atoms with Gasteiger partial charge in [0.05, 0.1) is 17.7 Å². The Labute approximate surface area is 171 Å². The van der Waals surface area contributed by atoms with Gasteiger partial charge in [0.25, 0.3) is 0 Å². The van der Waals surface area contributed by atoms with E-state index >= 15 is 0 Å². The van der Waals surface area contributed by atoms with Crippen molar-refractivity contribution >= 4 is 35.1 Å². The minimum Gasteiger partial charge on any atom is -0.455 e. The summed E-state index contributed by atoms with van der Waals surface area (Å²) in [6.07, 6.45) is -3.87. The number of benzene rings is 1. The molecule has 0 saturated heterocycles. The van der Waals surface area contributed by atoms with Crippen LogP contribution in [0.15, 0.2) is 39.9 Å². The van der Waals surface area contributed by atoms with Crippen LogP contribution in [0.4, 0.5) is 13.2 Å². The van der Waals surface area contributed by atoms with Gasteiger partial charge < -0.3 is 14.6 Å². The van der Waals surface area contributed by atoms with Gasteiger partial charge in [-0.3, -0.25) is 5.43 Å². The van der Waals surface area contributed by atoms with Gasteiger partial charge >= 0.3 is 6.18 Å². The molecule has 0 atom stereocenters. The van der Waals surface area contributed by atoms with Gasteiger partial charge in [-0.25, -0.2) is 0 Å². The largest absolute Gasteiger partial charge is 0.455 e. The number of rotatable bonds is 7. The normalized spacial score (nSPS) is 12.0. The highest BCUT2D eigenvalue weighted by molar-refractivity contribution is 7.80. The van der Waals surface area contributed by atoms with Crippen molar-refractivity contribution in [1.82, 2.24) is 15.6 Å². The third kappa shape index (κ3) is 7.49. The molecule has 152 valence electrons. The summed E-state index contributed by atoms with van der Waals surface area (Å²) in [7, 11) is 3.92. The maximum Gasteiger partial charge on any atom is 0.393 e. The molecule has 0 aliphatic rings. The van der Waals surface area contributed by atoms with Crippen molar-refractivity contribution in [2.45, 2.75) is 12.6 Å². The number of hydrazone groups is 1. The van der Waals surface area contributed by atoms with E-state index in [1.54, 1.807) is 12.1 Å². The summed E-state index contributed by atoms with van der Waals surface area (Å²) in [5.74, 6) is 0.866. The number of halogens is 4. The van der Waals surface area contributed by atoms with Gasteiger partial charge in [-0.05, 0) is 56.1 Å². The second kappa shape index (κ2) is 9.90. The lowest BCUT2D eigenvalue weighted by Crippen LogP contribution is -2.36. The molecule has 1 aromatic heterocycles. The van der Waals surface area contributed by atoms with Crippen molar-refractivity contribution < 1.29 is 17.6 Å². The van der Waals surface area contributed by atoms with E-state index in [4.69, 9.17) is 28.2 Å². The van der Waals surface area contributed by atoms with Crippen molar-refractivity contribution in [3.8, 4) is 11.3 Å². The zero-order valence-electron chi connectivity index (χ0n) is 15.3. The zero-order valence-corrected chi connectivity index (χ0v) is 16.9. The molecule has 1 heterocycles. The Morgan fingerprint density at radius 3 is 2.68 bits per heavy atom. The van der Waals surface area contributed by atoms with Crippen molar-refractivity contribution in [2.24, 2.45) is 5.10 Å². The maximum absolute atomic E-state index is 12.5. The molecule has 0 amide bonds. The molecule has 0 bridgehead atoms. The molecule has 5 nitrogen and oxygen atoms in total. The molecule has 0 aliphatic carbocycles. The topological polar surface area (TPSA) is 52.8 Å². The van der Waals surface area contributed by atoms with Crippen LogP contribution in [0.1, 0.15) is 11.3 Å². The second-order valence-electron chi connectivity index (χ2n) is 6.24. The molecule has 0 fully saturated rings. The smallest absolute Gasteiger partial charge is 0.393 e. The fourth-order valence-corrected chi connectivity index (χ4v) is 2.70. The number of thiocarbonyl (C=S) groups is 1. The summed E-state index contributed by atoms with van der Waals surface area (Å²) < 4.78 is 43.1. The van der Waals surface area contributed by atoms with Crippen LogP contribution in [-0.4, -0.2) is 49.6 Å². The Morgan fingerprint density at radius 2 is 2.04 bits per heavy atom. The molecule has 2 N–H and O–H groups in total. The van der Waals surface area contributed by atoms with Crippen molar-refractivity contribution in [3.63, 3.8) is 0 Å². The standard InChI is InChI=1S/C18H20ClF3N4OS/c1-26(2)8-7-23-17(28)25-24-11-13-4-6-16(27-13)14-5-3-12(9-15(14)19)10-18(20,21)22/h3-6,9,11H,7-8,10H2,1-2H3,(H2,23,25,28). The monoisotopic (exact) mass is 432 g/mol. The summed E-state index contributed by atoms with van der Waals surface area (Å²) in [6, 6.07) is 7.51. The summed E-state index contributed by atoms with van der Waals surface area (Å²) in [6.45, 7) is 1.51. The quantitative estimate of drug-likeness (QED) is 0.392. The highest BCUT2D eigenvalue weighted by Gasteiger charge is 2.27. The summed E-state index contributed by atoms with van der Waals surface area (Å²) in [5.41, 5.74) is 3.27. The van der Waals surface area contributed by atoms with Gasteiger partial charge in [-0.2, -0.15) is 18.3 Å². The highest BCUT2D eigenvalue weighted by atomic mass is 35.5. The second-order valence-corrected chi connectivity index (χ2v) is 7.05. The Kier molecular flexibility index (Phi) is 7.85. The molecule has 2 rings (SSSR count). The first-order valence-corrected chi connectivity index (χ1v) is 9.10. The van der Waals surface area contributed by atoms with Gasteiger partial charge in [-0.1, -0.05) is 17.7 Å². The zero-order chi connectivity index (χ0) is 20.7. The van der Waals surface area contributed by atoms with Crippen LogP contribution in [-0.2, 0) is 6.42 Å². The molecule has 0 radical (unpaired) electrons. The number of alkyl halides is 3. The molecule has 1 aromatic carbocycles. The average molecular weight is 433 g/mol. The first-order chi connectivity index (χ1) is 13.1. The molecule has 2 aromatic rings. The van der Waals surface area contributed by atoms with Crippen molar-refractivity contribution in [3.05, 3.63) is 46.7 Å². The molecule has 28 heavy (non-hydrogen) atoms. The Hall–Kier alpha value is -2.10. The van der Waals surface area contributed by atoms with Crippen LogP contribution >= 0.6 is 23.8 Å². The minimum atomic E-state index is -4.28. The predicted octanol–water partition coefficient (Wildman–Crippen LogP) is 4.06. The van der Waals surface area contributed by atoms with Crippen LogP contribution < -0.4 is 10.7 Å². The first-order valence-electron chi connectivity index (χ1n) is 8.31. The van der Waals surface area contributed by atoms with E-state index in [1.165, 1.54) is 24.4 Å². The fourth-order valence-electron chi connectivity index (χ4n) is 2.25. The molecule has 0 spiro atoms. The lowest BCUT2D eigenvalue weighted by atomic mass is 10.1. The van der Waals surface area contributed by atoms with E-state index in [-0.39, 0.29) is 10.6 Å². The highest BCUT2D eigenvalue weighted by Crippen LogP contribution is 2.31. The SMILES string of the molecule is CN(C)CCNC(=S)NN=Cc1ccc(-c2ccc(CC(F)(F)F)cc2Cl)o1. The fraction of sp³-hybridized carbons (Fsp3) is 0.333. The number of nitrogens with zero attached hydrogens (tertiary/aromatic N) is 2. The maximum atomic E-state index is 12.5. The van der Waals surface area contributed by atoms with Gasteiger partial charge in [0.2, 0.25) is 0 Å². The molecule has 0 unspecified atom stereocenters. The van der Waals surface area contributed by atoms with E-state index in [2.05, 4.69) is 15.8 Å². The van der Waals surface area contributed by atoms with E-state index in [0.717, 1.165) is 6.54 Å². The number of hydrogen-bond acceptors (Lipinski definition) is 4. The van der Waals surface area contributed by atoms with Crippen LogP contribution in [0.5, 0.6) is 0 Å². The van der Waals surface area contributed by atoms with Crippen molar-refractivity contribution in [1.29, 1.82) is 0 Å². The number of furan rings is 1. The molecular weight excluding hydrogens is 413 g/mol. The third-order valence-corrected chi connectivity index (χ3v) is 4.08. The van der Waals surface area contributed by atoms with E-state index < -0.39 is 12.6 Å². The number of hydrogen-bond donors (Lipinski definition) is 2. The Balaban J connectivity index is 1.95. The summed E-state index contributed by atoms with van der Waals surface area (Å²) in [4.78, 5) is 2.02. The van der Waals surface area contributed by atoms with Gasteiger partial charge in [0, 0.05) is 18.7 Å². The number of nitrogens with one attached hydrogen (secondary N) is 2. The number of likely N-dealkylation sites (N-methyl/N-ethyl adjacent to an activating group) is 1. The molecule has 0 saturated carbocycles. The van der Waals surface area contributed by atoms with E-state index in [9.17, 15) is 13.2 Å². The molecule has 0 aliphatic heterocycles. The minimum absolute atomic E-state index is 0.0917. The van der Waals surface area contributed by atoms with Gasteiger partial charge in [0.1, 0.15) is 11.5 Å². The lowest BCUT2D eigenvalue weighted by molar-refractivity contribution is -0.127. The Bertz CT molecular complexity index is 836. The van der Waals surface area contributed by atoms with Crippen LogP contribution in [0.2, 0.25) is 5.02 Å². The molecular formula is C18H20ClF3N4OS. The van der Waals surface area contributed by atoms with Gasteiger partial charge in [-0.15, -0.1) is 0 Å². The average Bonchev–Trinajstić information content (AvgIpc) is 3.01. The van der Waals surface area contributed by atoms with E-state index in [1.807, 2.05) is 19.0 Å². The first kappa shape index (κ1) is 22.2. The predicted molar refractivity (Wildman–Crippen MR) is 109 cm³/mol. The third-order valence-electron chi connectivity index (χ3n) is 3.53. The lowest BCUT2D eigenvalue weighted by Gasteiger charge is -2.11. The van der Waals surface area contributed by atoms with Gasteiger partial charge in [0.15, 0.2) is 5.11 Å². The van der Waals surface area contributed by atoms with Crippen LogP contribution in [0, 0.1) is 0 Å².